The van der Waals surface area contributed by atoms with Crippen LogP contribution in [0, 0.1) is 5.82 Å². The van der Waals surface area contributed by atoms with E-state index in [0.717, 1.165) is 52.6 Å². The third-order valence-corrected chi connectivity index (χ3v) is 7.54. The molecule has 0 atom stereocenters. The lowest BCUT2D eigenvalue weighted by atomic mass is 9.83. The SMILES string of the molecule is C=C(C)C(=O)OCCc1cc(-c2ccc(-c3ccc(C4CCCCC4)cc3F)cc2CC)ccc1OCCO. The molecule has 1 N–H and O–H groups in total. The molecule has 0 saturated heterocycles. The molecule has 0 bridgehead atoms. The molecule has 3 aromatic carbocycles. The van der Waals surface area contributed by atoms with Gasteiger partial charge in [-0.2, -0.15) is 0 Å². The van der Waals surface area contributed by atoms with E-state index < -0.39 is 5.97 Å². The maximum Gasteiger partial charge on any atom is 0.333 e. The van der Waals surface area contributed by atoms with Gasteiger partial charge in [-0.25, -0.2) is 9.18 Å². The van der Waals surface area contributed by atoms with Gasteiger partial charge < -0.3 is 14.6 Å². The monoisotopic (exact) mass is 530 g/mol. The molecule has 0 unspecified atom stereocenters. The van der Waals surface area contributed by atoms with Crippen molar-refractivity contribution in [1.29, 1.82) is 0 Å². The summed E-state index contributed by atoms with van der Waals surface area (Å²) in [7, 11) is 0. The molecule has 1 fully saturated rings. The predicted molar refractivity (Wildman–Crippen MR) is 155 cm³/mol. The van der Waals surface area contributed by atoms with E-state index in [0.29, 0.717) is 29.2 Å². The van der Waals surface area contributed by atoms with Crippen molar-refractivity contribution in [3.63, 3.8) is 0 Å². The van der Waals surface area contributed by atoms with Crippen molar-refractivity contribution >= 4 is 5.97 Å². The summed E-state index contributed by atoms with van der Waals surface area (Å²) < 4.78 is 26.3. The molecule has 0 heterocycles. The molecule has 0 aliphatic heterocycles. The molecule has 1 saturated carbocycles. The molecule has 206 valence electrons. The van der Waals surface area contributed by atoms with E-state index in [4.69, 9.17) is 9.47 Å². The Morgan fingerprint density at radius 2 is 1.64 bits per heavy atom. The Bertz CT molecular complexity index is 1310. The molecule has 0 amide bonds. The van der Waals surface area contributed by atoms with Gasteiger partial charge in [0.05, 0.1) is 13.2 Å². The molecule has 39 heavy (non-hydrogen) atoms. The predicted octanol–water partition coefficient (Wildman–Crippen LogP) is 7.80. The number of carbonyl (C=O) groups excluding carboxylic acids is 1. The maximum atomic E-state index is 15.3. The van der Waals surface area contributed by atoms with Crippen LogP contribution in [0.5, 0.6) is 5.75 Å². The summed E-state index contributed by atoms with van der Waals surface area (Å²) >= 11 is 0. The lowest BCUT2D eigenvalue weighted by Gasteiger charge is -2.22. The van der Waals surface area contributed by atoms with Gasteiger partial charge in [-0.1, -0.05) is 69.2 Å². The van der Waals surface area contributed by atoms with Gasteiger partial charge in [0.2, 0.25) is 0 Å². The summed E-state index contributed by atoms with van der Waals surface area (Å²) in [6.45, 7) is 7.62. The van der Waals surface area contributed by atoms with Crippen molar-refractivity contribution < 1.29 is 23.8 Å². The highest BCUT2D eigenvalue weighted by Gasteiger charge is 2.18. The van der Waals surface area contributed by atoms with Gasteiger partial charge in [-0.15, -0.1) is 0 Å². The Hall–Kier alpha value is -3.44. The van der Waals surface area contributed by atoms with E-state index in [2.05, 4.69) is 31.7 Å². The van der Waals surface area contributed by atoms with Crippen LogP contribution in [0.4, 0.5) is 4.39 Å². The largest absolute Gasteiger partial charge is 0.491 e. The highest BCUT2D eigenvalue weighted by Crippen LogP contribution is 2.36. The van der Waals surface area contributed by atoms with Gasteiger partial charge in [-0.05, 0) is 83.7 Å². The Morgan fingerprint density at radius 1 is 0.949 bits per heavy atom. The molecule has 0 spiro atoms. The zero-order chi connectivity index (χ0) is 27.8. The molecule has 1 aliphatic carbocycles. The van der Waals surface area contributed by atoms with Crippen molar-refractivity contribution in [3.05, 3.63) is 89.3 Å². The van der Waals surface area contributed by atoms with Crippen molar-refractivity contribution in [1.82, 2.24) is 0 Å². The van der Waals surface area contributed by atoms with Gasteiger partial charge in [0.1, 0.15) is 18.2 Å². The Labute approximate surface area is 231 Å². The first-order chi connectivity index (χ1) is 18.9. The zero-order valence-corrected chi connectivity index (χ0v) is 23.1. The van der Waals surface area contributed by atoms with Gasteiger partial charge in [-0.3, -0.25) is 0 Å². The van der Waals surface area contributed by atoms with Crippen LogP contribution in [0.3, 0.4) is 0 Å². The van der Waals surface area contributed by atoms with Crippen LogP contribution in [0.1, 0.15) is 68.6 Å². The molecular formula is C34H39FO4. The van der Waals surface area contributed by atoms with Crippen molar-refractivity contribution in [2.24, 2.45) is 0 Å². The number of aliphatic hydroxyl groups is 1. The van der Waals surface area contributed by atoms with Crippen LogP contribution in [0.25, 0.3) is 22.3 Å². The standard InChI is InChI=1S/C34H39FO4/c1-4-24-20-28(31-14-10-26(22-32(31)35)25-8-6-5-7-9-25)11-13-30(24)27-12-15-33(38-19-17-36)29(21-27)16-18-39-34(37)23(2)3/h10-15,20-22,25,36H,2,4-9,16-19H2,1,3H3. The topological polar surface area (TPSA) is 55.8 Å². The first-order valence-electron chi connectivity index (χ1n) is 14.0. The van der Waals surface area contributed by atoms with E-state index in [1.807, 2.05) is 30.3 Å². The molecule has 4 rings (SSSR count). The van der Waals surface area contributed by atoms with E-state index in [1.165, 1.54) is 19.3 Å². The normalized spacial score (nSPS) is 13.7. The fourth-order valence-corrected chi connectivity index (χ4v) is 5.41. The summed E-state index contributed by atoms with van der Waals surface area (Å²) in [5.41, 5.74) is 7.04. The molecule has 1 aliphatic rings. The van der Waals surface area contributed by atoms with E-state index >= 15 is 4.39 Å². The number of benzene rings is 3. The molecular weight excluding hydrogens is 491 g/mol. The summed E-state index contributed by atoms with van der Waals surface area (Å²) in [5, 5.41) is 9.22. The average molecular weight is 531 g/mol. The van der Waals surface area contributed by atoms with Gasteiger partial charge >= 0.3 is 5.97 Å². The number of carbonyl (C=O) groups is 1. The Morgan fingerprint density at radius 3 is 2.33 bits per heavy atom. The van der Waals surface area contributed by atoms with Crippen LogP contribution in [0.2, 0.25) is 0 Å². The van der Waals surface area contributed by atoms with Crippen LogP contribution >= 0.6 is 0 Å². The fraction of sp³-hybridized carbons (Fsp3) is 0.382. The molecule has 5 heteroatoms. The van der Waals surface area contributed by atoms with Gasteiger partial charge in [0.25, 0.3) is 0 Å². The van der Waals surface area contributed by atoms with Crippen LogP contribution < -0.4 is 4.74 Å². The molecule has 0 aromatic heterocycles. The molecule has 0 radical (unpaired) electrons. The smallest absolute Gasteiger partial charge is 0.333 e. The average Bonchev–Trinajstić information content (AvgIpc) is 2.96. The Balaban J connectivity index is 1.60. The number of ether oxygens (including phenoxy) is 2. The lowest BCUT2D eigenvalue weighted by molar-refractivity contribution is -0.138. The highest BCUT2D eigenvalue weighted by molar-refractivity contribution is 5.86. The number of hydrogen-bond acceptors (Lipinski definition) is 4. The maximum absolute atomic E-state index is 15.3. The number of rotatable bonds is 11. The fourth-order valence-electron chi connectivity index (χ4n) is 5.41. The summed E-state index contributed by atoms with van der Waals surface area (Å²) in [6, 6.07) is 17.8. The minimum atomic E-state index is -0.424. The van der Waals surface area contributed by atoms with E-state index in [-0.39, 0.29) is 25.6 Å². The number of esters is 1. The van der Waals surface area contributed by atoms with Crippen molar-refractivity contribution in [2.45, 2.75) is 64.7 Å². The summed E-state index contributed by atoms with van der Waals surface area (Å²) in [6.07, 6.45) is 7.29. The van der Waals surface area contributed by atoms with Crippen molar-refractivity contribution in [2.75, 3.05) is 19.8 Å². The van der Waals surface area contributed by atoms with E-state index in [9.17, 15) is 9.90 Å². The van der Waals surface area contributed by atoms with Gasteiger partial charge in [0, 0.05) is 17.6 Å². The summed E-state index contributed by atoms with van der Waals surface area (Å²) in [4.78, 5) is 11.8. The number of halogens is 1. The second-order valence-electron chi connectivity index (χ2n) is 10.4. The molecule has 4 nitrogen and oxygen atoms in total. The summed E-state index contributed by atoms with van der Waals surface area (Å²) in [5.74, 6) is 0.532. The minimum Gasteiger partial charge on any atom is -0.491 e. The number of hydrogen-bond donors (Lipinski definition) is 1. The lowest BCUT2D eigenvalue weighted by Crippen LogP contribution is -2.10. The zero-order valence-electron chi connectivity index (χ0n) is 23.1. The third-order valence-electron chi connectivity index (χ3n) is 7.54. The minimum absolute atomic E-state index is 0.0918. The highest BCUT2D eigenvalue weighted by atomic mass is 19.1. The first kappa shape index (κ1) is 28.6. The van der Waals surface area contributed by atoms with E-state index in [1.54, 1.807) is 13.0 Å². The van der Waals surface area contributed by atoms with Crippen LogP contribution in [-0.4, -0.2) is 30.9 Å². The van der Waals surface area contributed by atoms with Crippen molar-refractivity contribution in [3.8, 4) is 28.0 Å². The van der Waals surface area contributed by atoms with Crippen LogP contribution in [0.15, 0.2) is 66.7 Å². The van der Waals surface area contributed by atoms with Crippen LogP contribution in [-0.2, 0) is 22.4 Å². The second-order valence-corrected chi connectivity index (χ2v) is 10.4. The van der Waals surface area contributed by atoms with Gasteiger partial charge in [0.15, 0.2) is 0 Å². The molecule has 3 aromatic rings. The first-order valence-corrected chi connectivity index (χ1v) is 14.0. The third kappa shape index (κ3) is 7.15. The number of aryl methyl sites for hydroxylation is 1. The quantitative estimate of drug-likeness (QED) is 0.203. The Kier molecular flexibility index (Phi) is 9.94. The number of aliphatic hydroxyl groups excluding tert-OH is 1. The second kappa shape index (κ2) is 13.6.